The molecular formula is C22H31N3O4. The molecule has 0 aromatic heterocycles. The van der Waals surface area contributed by atoms with Crippen molar-refractivity contribution in [2.24, 2.45) is 11.8 Å². The minimum absolute atomic E-state index is 0.00229. The zero-order chi connectivity index (χ0) is 20.8. The molecule has 0 bridgehead atoms. The molecule has 7 heteroatoms. The highest BCUT2D eigenvalue weighted by atomic mass is 16.5. The van der Waals surface area contributed by atoms with Crippen LogP contribution in [0.1, 0.15) is 31.2 Å². The summed E-state index contributed by atoms with van der Waals surface area (Å²) < 4.78 is 4.98. The molecule has 2 aliphatic rings. The summed E-state index contributed by atoms with van der Waals surface area (Å²) in [6, 6.07) is 7.80. The molecular weight excluding hydrogens is 370 g/mol. The number of nitrogens with zero attached hydrogens (tertiary/aromatic N) is 2. The number of rotatable bonds is 7. The minimum atomic E-state index is -0.303. The van der Waals surface area contributed by atoms with E-state index in [0.29, 0.717) is 45.6 Å². The smallest absolute Gasteiger partial charge is 0.228 e. The molecule has 2 aliphatic heterocycles. The number of nitrogens with one attached hydrogen (secondary N) is 1. The molecule has 0 aliphatic carbocycles. The first-order valence-corrected chi connectivity index (χ1v) is 10.4. The summed E-state index contributed by atoms with van der Waals surface area (Å²) in [6.07, 6.45) is 2.40. The van der Waals surface area contributed by atoms with Crippen LogP contribution in [0, 0.1) is 18.8 Å². The van der Waals surface area contributed by atoms with Gasteiger partial charge >= 0.3 is 0 Å². The predicted molar refractivity (Wildman–Crippen MR) is 110 cm³/mol. The lowest BCUT2D eigenvalue weighted by atomic mass is 9.94. The van der Waals surface area contributed by atoms with Crippen molar-refractivity contribution in [3.8, 4) is 0 Å². The van der Waals surface area contributed by atoms with Crippen LogP contribution in [0.4, 0.5) is 5.69 Å². The molecule has 0 saturated carbocycles. The van der Waals surface area contributed by atoms with Gasteiger partial charge < -0.3 is 19.9 Å². The van der Waals surface area contributed by atoms with Crippen LogP contribution in [0.5, 0.6) is 0 Å². The standard InChI is InChI=1S/C22H31N3O4/c1-16-4-6-19(7-5-16)25-15-18(14-20(25)26)22(28)24-11-8-17(9-12-24)21(27)23-10-3-13-29-2/h4-7,17-18H,3,8-15H2,1-2H3,(H,23,27). The highest BCUT2D eigenvalue weighted by molar-refractivity contribution is 6.00. The van der Waals surface area contributed by atoms with Gasteiger partial charge in [0.1, 0.15) is 0 Å². The van der Waals surface area contributed by atoms with Crippen LogP contribution in [-0.4, -0.2) is 62.5 Å². The van der Waals surface area contributed by atoms with Gasteiger partial charge in [0.15, 0.2) is 0 Å². The van der Waals surface area contributed by atoms with Crippen molar-refractivity contribution in [1.82, 2.24) is 10.2 Å². The van der Waals surface area contributed by atoms with E-state index in [4.69, 9.17) is 4.74 Å². The zero-order valence-electron chi connectivity index (χ0n) is 17.4. The summed E-state index contributed by atoms with van der Waals surface area (Å²) in [7, 11) is 1.65. The first kappa shape index (κ1) is 21.3. The van der Waals surface area contributed by atoms with Gasteiger partial charge in [0.05, 0.1) is 5.92 Å². The molecule has 2 heterocycles. The molecule has 0 spiro atoms. The van der Waals surface area contributed by atoms with E-state index in [1.165, 1.54) is 0 Å². The third kappa shape index (κ3) is 5.35. The number of carbonyl (C=O) groups is 3. The van der Waals surface area contributed by atoms with Crippen LogP contribution < -0.4 is 10.2 Å². The van der Waals surface area contributed by atoms with Crippen molar-refractivity contribution in [3.63, 3.8) is 0 Å². The van der Waals surface area contributed by atoms with Gasteiger partial charge in [-0.1, -0.05) is 17.7 Å². The summed E-state index contributed by atoms with van der Waals surface area (Å²) in [5, 5.41) is 2.95. The first-order valence-electron chi connectivity index (χ1n) is 10.4. The van der Waals surface area contributed by atoms with E-state index in [-0.39, 0.29) is 36.0 Å². The maximum Gasteiger partial charge on any atom is 0.228 e. The van der Waals surface area contributed by atoms with E-state index in [1.807, 2.05) is 36.1 Å². The fraction of sp³-hybridized carbons (Fsp3) is 0.591. The fourth-order valence-electron chi connectivity index (χ4n) is 4.04. The van der Waals surface area contributed by atoms with Crippen LogP contribution in [0.25, 0.3) is 0 Å². The molecule has 1 unspecified atom stereocenters. The highest BCUT2D eigenvalue weighted by Crippen LogP contribution is 2.28. The number of ether oxygens (including phenoxy) is 1. The molecule has 1 N–H and O–H groups in total. The summed E-state index contributed by atoms with van der Waals surface area (Å²) in [4.78, 5) is 41.2. The SMILES string of the molecule is COCCCNC(=O)C1CCN(C(=O)C2CC(=O)N(c3ccc(C)cc3)C2)CC1. The number of amides is 3. The number of methoxy groups -OCH3 is 1. The molecule has 1 aromatic carbocycles. The van der Waals surface area contributed by atoms with Crippen LogP contribution in [-0.2, 0) is 19.1 Å². The Balaban J connectivity index is 1.47. The van der Waals surface area contributed by atoms with Crippen molar-refractivity contribution in [2.45, 2.75) is 32.6 Å². The van der Waals surface area contributed by atoms with Gasteiger partial charge in [0, 0.05) is 57.9 Å². The van der Waals surface area contributed by atoms with E-state index < -0.39 is 0 Å². The second-order valence-corrected chi connectivity index (χ2v) is 7.98. The van der Waals surface area contributed by atoms with Gasteiger partial charge in [-0.15, -0.1) is 0 Å². The lowest BCUT2D eigenvalue weighted by Crippen LogP contribution is -2.45. The Morgan fingerprint density at radius 2 is 1.83 bits per heavy atom. The minimum Gasteiger partial charge on any atom is -0.385 e. The van der Waals surface area contributed by atoms with Gasteiger partial charge in [-0.2, -0.15) is 0 Å². The molecule has 1 aromatic rings. The fourth-order valence-corrected chi connectivity index (χ4v) is 4.04. The predicted octanol–water partition coefficient (Wildman–Crippen LogP) is 1.74. The Morgan fingerprint density at radius 3 is 2.48 bits per heavy atom. The second kappa shape index (κ2) is 9.87. The summed E-state index contributed by atoms with van der Waals surface area (Å²) in [5.41, 5.74) is 1.98. The average Bonchev–Trinajstić information content (AvgIpc) is 3.13. The Hall–Kier alpha value is -2.41. The number of hydrogen-bond donors (Lipinski definition) is 1. The number of aryl methyl sites for hydroxylation is 1. The summed E-state index contributed by atoms with van der Waals surface area (Å²) in [6.45, 7) is 4.83. The van der Waals surface area contributed by atoms with Crippen molar-refractivity contribution >= 4 is 23.4 Å². The third-order valence-electron chi connectivity index (χ3n) is 5.82. The molecule has 7 nitrogen and oxygen atoms in total. The van der Waals surface area contributed by atoms with Crippen molar-refractivity contribution in [2.75, 3.05) is 44.8 Å². The summed E-state index contributed by atoms with van der Waals surface area (Å²) in [5.74, 6) is -0.252. The molecule has 2 saturated heterocycles. The normalized spacial score (nSPS) is 20.2. The van der Waals surface area contributed by atoms with Gasteiger partial charge in [-0.25, -0.2) is 0 Å². The molecule has 2 fully saturated rings. The van der Waals surface area contributed by atoms with E-state index in [0.717, 1.165) is 17.7 Å². The molecule has 1 atom stereocenters. The third-order valence-corrected chi connectivity index (χ3v) is 5.82. The Morgan fingerprint density at radius 1 is 1.14 bits per heavy atom. The van der Waals surface area contributed by atoms with Crippen molar-refractivity contribution < 1.29 is 19.1 Å². The van der Waals surface area contributed by atoms with Crippen LogP contribution in [0.2, 0.25) is 0 Å². The number of anilines is 1. The first-order chi connectivity index (χ1) is 14.0. The molecule has 3 amide bonds. The van der Waals surface area contributed by atoms with E-state index in [2.05, 4.69) is 5.32 Å². The monoisotopic (exact) mass is 401 g/mol. The largest absolute Gasteiger partial charge is 0.385 e. The summed E-state index contributed by atoms with van der Waals surface area (Å²) >= 11 is 0. The number of likely N-dealkylation sites (tertiary alicyclic amines) is 1. The van der Waals surface area contributed by atoms with Gasteiger partial charge in [0.2, 0.25) is 17.7 Å². The Labute approximate surface area is 172 Å². The number of hydrogen-bond acceptors (Lipinski definition) is 4. The average molecular weight is 402 g/mol. The number of benzene rings is 1. The second-order valence-electron chi connectivity index (χ2n) is 7.98. The van der Waals surface area contributed by atoms with Crippen LogP contribution >= 0.6 is 0 Å². The van der Waals surface area contributed by atoms with E-state index in [1.54, 1.807) is 12.0 Å². The molecule has 0 radical (unpaired) electrons. The lowest BCUT2D eigenvalue weighted by molar-refractivity contribution is -0.139. The Bertz CT molecular complexity index is 726. The van der Waals surface area contributed by atoms with Gasteiger partial charge in [0.25, 0.3) is 0 Å². The van der Waals surface area contributed by atoms with Crippen molar-refractivity contribution in [3.05, 3.63) is 29.8 Å². The van der Waals surface area contributed by atoms with E-state index in [9.17, 15) is 14.4 Å². The lowest BCUT2D eigenvalue weighted by Gasteiger charge is -2.33. The van der Waals surface area contributed by atoms with Gasteiger partial charge in [-0.05, 0) is 38.3 Å². The number of piperidine rings is 1. The topological polar surface area (TPSA) is 79.0 Å². The van der Waals surface area contributed by atoms with Crippen LogP contribution in [0.3, 0.4) is 0 Å². The number of carbonyl (C=O) groups excluding carboxylic acids is 3. The Kier molecular flexibility index (Phi) is 7.25. The van der Waals surface area contributed by atoms with Crippen molar-refractivity contribution in [1.29, 1.82) is 0 Å². The maximum atomic E-state index is 12.9. The van der Waals surface area contributed by atoms with E-state index >= 15 is 0 Å². The van der Waals surface area contributed by atoms with Gasteiger partial charge in [-0.3, -0.25) is 14.4 Å². The molecule has 158 valence electrons. The zero-order valence-corrected chi connectivity index (χ0v) is 17.4. The highest BCUT2D eigenvalue weighted by Gasteiger charge is 2.38. The maximum absolute atomic E-state index is 12.9. The quantitative estimate of drug-likeness (QED) is 0.706. The van der Waals surface area contributed by atoms with Crippen LogP contribution in [0.15, 0.2) is 24.3 Å². The molecule has 3 rings (SSSR count). The molecule has 29 heavy (non-hydrogen) atoms.